The molecule has 2 N–H and O–H groups in total. The van der Waals surface area contributed by atoms with Crippen molar-refractivity contribution in [1.82, 2.24) is 14.9 Å². The van der Waals surface area contributed by atoms with Crippen molar-refractivity contribution < 1.29 is 0 Å². The van der Waals surface area contributed by atoms with Gasteiger partial charge in [0.15, 0.2) is 0 Å². The highest BCUT2D eigenvalue weighted by atomic mass is 15.1. The second-order valence-electron chi connectivity index (χ2n) is 5.92. The Morgan fingerprint density at radius 2 is 1.74 bits per heavy atom. The highest BCUT2D eigenvalue weighted by Gasteiger charge is 2.01. The molecule has 0 unspecified atom stereocenters. The molecule has 0 amide bonds. The molecule has 0 radical (unpaired) electrons. The topological polar surface area (TPSA) is 56.3 Å². The van der Waals surface area contributed by atoms with Gasteiger partial charge in [0.1, 0.15) is 5.82 Å². The molecule has 0 aliphatic carbocycles. The lowest BCUT2D eigenvalue weighted by Crippen LogP contribution is -2.16. The molecule has 1 aromatic heterocycles. The van der Waals surface area contributed by atoms with Crippen molar-refractivity contribution in [2.24, 2.45) is 0 Å². The number of anilines is 4. The van der Waals surface area contributed by atoms with Crippen LogP contribution in [0.2, 0.25) is 0 Å². The molecule has 124 valence electrons. The van der Waals surface area contributed by atoms with Crippen LogP contribution in [-0.4, -0.2) is 56.1 Å². The van der Waals surface area contributed by atoms with E-state index < -0.39 is 0 Å². The Bertz CT molecular complexity index is 594. The second-order valence-corrected chi connectivity index (χ2v) is 5.92. The fourth-order valence-corrected chi connectivity index (χ4v) is 2.10. The summed E-state index contributed by atoms with van der Waals surface area (Å²) in [5.41, 5.74) is 2.13. The van der Waals surface area contributed by atoms with E-state index in [2.05, 4.69) is 56.6 Å². The first-order chi connectivity index (χ1) is 11.0. The van der Waals surface area contributed by atoms with E-state index in [0.717, 1.165) is 36.7 Å². The van der Waals surface area contributed by atoms with Crippen LogP contribution in [0, 0.1) is 0 Å². The number of rotatable bonds is 8. The van der Waals surface area contributed by atoms with Crippen molar-refractivity contribution in [3.63, 3.8) is 0 Å². The Labute approximate surface area is 138 Å². The highest BCUT2D eigenvalue weighted by Crippen LogP contribution is 2.18. The molecule has 2 rings (SSSR count). The number of nitrogens with one attached hydrogen (secondary N) is 2. The van der Waals surface area contributed by atoms with E-state index in [1.165, 1.54) is 0 Å². The fraction of sp³-hybridized carbons (Fsp3) is 0.412. The lowest BCUT2D eigenvalue weighted by molar-refractivity contribution is 0.405. The van der Waals surface area contributed by atoms with E-state index in [9.17, 15) is 0 Å². The summed E-state index contributed by atoms with van der Waals surface area (Å²) >= 11 is 0. The van der Waals surface area contributed by atoms with E-state index in [4.69, 9.17) is 0 Å². The van der Waals surface area contributed by atoms with Crippen molar-refractivity contribution in [2.75, 3.05) is 56.8 Å². The molecule has 0 saturated heterocycles. The van der Waals surface area contributed by atoms with Crippen LogP contribution in [0.25, 0.3) is 0 Å². The minimum absolute atomic E-state index is 0.597. The number of nitrogens with zero attached hydrogens (tertiary/aromatic N) is 4. The molecule has 0 aliphatic rings. The van der Waals surface area contributed by atoms with Crippen molar-refractivity contribution in [3.05, 3.63) is 36.5 Å². The van der Waals surface area contributed by atoms with Gasteiger partial charge in [-0.15, -0.1) is 0 Å². The zero-order chi connectivity index (χ0) is 16.7. The second kappa shape index (κ2) is 8.33. The molecule has 0 atom stereocenters. The van der Waals surface area contributed by atoms with Crippen molar-refractivity contribution in [3.8, 4) is 0 Å². The van der Waals surface area contributed by atoms with Crippen LogP contribution in [0.15, 0.2) is 36.5 Å². The average Bonchev–Trinajstić information content (AvgIpc) is 2.52. The molecule has 2 aromatic rings. The summed E-state index contributed by atoms with van der Waals surface area (Å²) in [6.45, 7) is 1.95. The van der Waals surface area contributed by atoms with E-state index in [1.807, 2.05) is 32.3 Å². The maximum absolute atomic E-state index is 4.48. The summed E-state index contributed by atoms with van der Waals surface area (Å²) in [5.74, 6) is 1.44. The SMILES string of the molecule is CN(C)CCCNc1ccnc(Nc2ccc(N(C)C)cc2)n1. The lowest BCUT2D eigenvalue weighted by atomic mass is 10.2. The molecule has 1 aromatic carbocycles. The Balaban J connectivity index is 1.91. The molecule has 6 heteroatoms. The maximum atomic E-state index is 4.48. The molecular weight excluding hydrogens is 288 g/mol. The summed E-state index contributed by atoms with van der Waals surface area (Å²) in [6.07, 6.45) is 2.84. The van der Waals surface area contributed by atoms with Gasteiger partial charge >= 0.3 is 0 Å². The molecule has 0 fully saturated rings. The van der Waals surface area contributed by atoms with Gasteiger partial charge in [0.05, 0.1) is 0 Å². The van der Waals surface area contributed by atoms with Crippen LogP contribution >= 0.6 is 0 Å². The predicted molar refractivity (Wildman–Crippen MR) is 97.7 cm³/mol. The van der Waals surface area contributed by atoms with Gasteiger partial charge in [-0.2, -0.15) is 4.98 Å². The first-order valence-electron chi connectivity index (χ1n) is 7.80. The van der Waals surface area contributed by atoms with E-state index in [-0.39, 0.29) is 0 Å². The van der Waals surface area contributed by atoms with Crippen LogP contribution in [0.3, 0.4) is 0 Å². The fourth-order valence-electron chi connectivity index (χ4n) is 2.10. The Hall–Kier alpha value is -2.34. The van der Waals surface area contributed by atoms with Gasteiger partial charge in [-0.1, -0.05) is 0 Å². The molecule has 0 saturated carbocycles. The molecular formula is C17H26N6. The Morgan fingerprint density at radius 1 is 1.00 bits per heavy atom. The lowest BCUT2D eigenvalue weighted by Gasteiger charge is -2.13. The van der Waals surface area contributed by atoms with Crippen LogP contribution in [0.4, 0.5) is 23.1 Å². The van der Waals surface area contributed by atoms with Crippen molar-refractivity contribution in [1.29, 1.82) is 0 Å². The molecule has 6 nitrogen and oxygen atoms in total. The monoisotopic (exact) mass is 314 g/mol. The smallest absolute Gasteiger partial charge is 0.229 e. The van der Waals surface area contributed by atoms with Gasteiger partial charge in [0, 0.05) is 38.2 Å². The number of hydrogen-bond donors (Lipinski definition) is 2. The predicted octanol–water partition coefficient (Wildman–Crippen LogP) is 2.65. The maximum Gasteiger partial charge on any atom is 0.229 e. The first-order valence-corrected chi connectivity index (χ1v) is 7.80. The van der Waals surface area contributed by atoms with Gasteiger partial charge in [-0.25, -0.2) is 4.98 Å². The first kappa shape index (κ1) is 17.0. The van der Waals surface area contributed by atoms with Crippen LogP contribution in [0.5, 0.6) is 0 Å². The van der Waals surface area contributed by atoms with Crippen molar-refractivity contribution >= 4 is 23.1 Å². The molecule has 1 heterocycles. The summed E-state index contributed by atoms with van der Waals surface area (Å²) < 4.78 is 0. The minimum Gasteiger partial charge on any atom is -0.378 e. The summed E-state index contributed by atoms with van der Waals surface area (Å²) in [6, 6.07) is 10.1. The Morgan fingerprint density at radius 3 is 2.39 bits per heavy atom. The van der Waals surface area contributed by atoms with Gasteiger partial charge in [-0.3, -0.25) is 0 Å². The third kappa shape index (κ3) is 5.75. The van der Waals surface area contributed by atoms with Crippen LogP contribution < -0.4 is 15.5 Å². The molecule has 0 spiro atoms. The van der Waals surface area contributed by atoms with Gasteiger partial charge in [-0.05, 0) is 57.4 Å². The molecule has 0 bridgehead atoms. The van der Waals surface area contributed by atoms with Crippen molar-refractivity contribution in [2.45, 2.75) is 6.42 Å². The van der Waals surface area contributed by atoms with Gasteiger partial charge in [0.25, 0.3) is 0 Å². The third-order valence-electron chi connectivity index (χ3n) is 3.38. The van der Waals surface area contributed by atoms with Gasteiger partial charge < -0.3 is 20.4 Å². The quantitative estimate of drug-likeness (QED) is 0.731. The standard InChI is InChI=1S/C17H26N6/c1-22(2)13-5-11-18-16-10-12-19-17(21-16)20-14-6-8-15(9-7-14)23(3)4/h6-10,12H,5,11,13H2,1-4H3,(H2,18,19,20,21). The van der Waals surface area contributed by atoms with E-state index in [0.29, 0.717) is 5.95 Å². The average molecular weight is 314 g/mol. The summed E-state index contributed by atoms with van der Waals surface area (Å²) in [7, 11) is 8.20. The largest absolute Gasteiger partial charge is 0.378 e. The molecule has 0 aliphatic heterocycles. The minimum atomic E-state index is 0.597. The normalized spacial score (nSPS) is 10.7. The zero-order valence-electron chi connectivity index (χ0n) is 14.4. The van der Waals surface area contributed by atoms with Gasteiger partial charge in [0.2, 0.25) is 5.95 Å². The molecule has 23 heavy (non-hydrogen) atoms. The highest BCUT2D eigenvalue weighted by molar-refractivity contribution is 5.59. The summed E-state index contributed by atoms with van der Waals surface area (Å²) in [5, 5.41) is 6.56. The van der Waals surface area contributed by atoms with Crippen LogP contribution in [0.1, 0.15) is 6.42 Å². The Kier molecular flexibility index (Phi) is 6.17. The van der Waals surface area contributed by atoms with Crippen LogP contribution in [-0.2, 0) is 0 Å². The number of hydrogen-bond acceptors (Lipinski definition) is 6. The van der Waals surface area contributed by atoms with E-state index in [1.54, 1.807) is 6.20 Å². The number of aromatic nitrogens is 2. The van der Waals surface area contributed by atoms with E-state index >= 15 is 0 Å². The third-order valence-corrected chi connectivity index (χ3v) is 3.38. The summed E-state index contributed by atoms with van der Waals surface area (Å²) in [4.78, 5) is 13.0. The number of benzene rings is 1. The zero-order valence-corrected chi connectivity index (χ0v) is 14.4.